The first kappa shape index (κ1) is 19.2. The maximum atomic E-state index is 13.6. The number of carbonyl (C=O) groups excluding carboxylic acids is 2. The van der Waals surface area contributed by atoms with Crippen LogP contribution in [0.5, 0.6) is 0 Å². The number of hydrogen-bond acceptors (Lipinski definition) is 3. The van der Waals surface area contributed by atoms with Gasteiger partial charge in [-0.05, 0) is 55.4 Å². The van der Waals surface area contributed by atoms with Gasteiger partial charge >= 0.3 is 0 Å². The SMILES string of the molecule is Cc1cc(NC(=O)C(C)(C)C)sc1C(=O)N(C1CC1)C1CCc2ccccc21. The van der Waals surface area contributed by atoms with E-state index in [1.807, 2.05) is 33.8 Å². The number of hydrogen-bond donors (Lipinski definition) is 1. The number of aryl methyl sites for hydroxylation is 2. The third-order valence-electron chi connectivity index (χ3n) is 5.64. The minimum absolute atomic E-state index is 0.0310. The van der Waals surface area contributed by atoms with Crippen molar-refractivity contribution in [2.45, 2.75) is 65.5 Å². The molecule has 1 heterocycles. The van der Waals surface area contributed by atoms with Crippen LogP contribution in [0.1, 0.15) is 72.4 Å². The van der Waals surface area contributed by atoms with Gasteiger partial charge in [-0.15, -0.1) is 11.3 Å². The molecule has 4 nitrogen and oxygen atoms in total. The summed E-state index contributed by atoms with van der Waals surface area (Å²) in [5.74, 6) is 0.0829. The Bertz CT molecular complexity index is 921. The van der Waals surface area contributed by atoms with E-state index in [9.17, 15) is 9.59 Å². The molecule has 148 valence electrons. The molecule has 1 aromatic carbocycles. The number of nitrogens with one attached hydrogen (secondary N) is 1. The Labute approximate surface area is 170 Å². The number of amides is 2. The molecule has 0 aliphatic heterocycles. The van der Waals surface area contributed by atoms with Crippen molar-refractivity contribution in [2.75, 3.05) is 5.32 Å². The largest absolute Gasteiger partial charge is 0.328 e. The van der Waals surface area contributed by atoms with Crippen LogP contribution in [0.4, 0.5) is 5.00 Å². The van der Waals surface area contributed by atoms with Crippen LogP contribution in [-0.2, 0) is 11.2 Å². The molecular formula is C23H28N2O2S. The number of fused-ring (bicyclic) bond motifs is 1. The van der Waals surface area contributed by atoms with Gasteiger partial charge in [-0.25, -0.2) is 0 Å². The third-order valence-corrected chi connectivity index (χ3v) is 6.78. The van der Waals surface area contributed by atoms with E-state index in [4.69, 9.17) is 0 Å². The molecule has 28 heavy (non-hydrogen) atoms. The molecular weight excluding hydrogens is 368 g/mol. The average molecular weight is 397 g/mol. The van der Waals surface area contributed by atoms with E-state index < -0.39 is 5.41 Å². The Kier molecular flexibility index (Phi) is 4.82. The van der Waals surface area contributed by atoms with E-state index in [2.05, 4.69) is 34.5 Å². The zero-order valence-corrected chi connectivity index (χ0v) is 17.9. The van der Waals surface area contributed by atoms with Crippen molar-refractivity contribution in [2.24, 2.45) is 5.41 Å². The second-order valence-corrected chi connectivity index (χ2v) is 10.1. The standard InChI is InChI=1S/C23H28N2O2S/c1-14-13-19(24-22(27)23(2,3)4)28-20(14)21(26)25(16-10-11-16)18-12-9-15-7-5-6-8-17(15)18/h5-8,13,16,18H,9-12H2,1-4H3,(H,24,27). The molecule has 1 N–H and O–H groups in total. The minimum Gasteiger partial charge on any atom is -0.328 e. The molecule has 0 saturated heterocycles. The van der Waals surface area contributed by atoms with Gasteiger partial charge in [-0.2, -0.15) is 0 Å². The van der Waals surface area contributed by atoms with Crippen LogP contribution in [0.25, 0.3) is 0 Å². The quantitative estimate of drug-likeness (QED) is 0.759. The molecule has 0 spiro atoms. The summed E-state index contributed by atoms with van der Waals surface area (Å²) in [5.41, 5.74) is 3.15. The van der Waals surface area contributed by atoms with Crippen molar-refractivity contribution in [3.63, 3.8) is 0 Å². The highest BCUT2D eigenvalue weighted by Crippen LogP contribution is 2.43. The summed E-state index contributed by atoms with van der Waals surface area (Å²) in [7, 11) is 0. The highest BCUT2D eigenvalue weighted by Gasteiger charge is 2.41. The molecule has 1 unspecified atom stereocenters. The molecule has 0 radical (unpaired) electrons. The maximum absolute atomic E-state index is 13.6. The summed E-state index contributed by atoms with van der Waals surface area (Å²) >= 11 is 1.40. The molecule has 2 aliphatic carbocycles. The van der Waals surface area contributed by atoms with E-state index in [1.165, 1.54) is 22.5 Å². The molecule has 2 aliphatic rings. The van der Waals surface area contributed by atoms with Gasteiger partial charge in [0.25, 0.3) is 5.91 Å². The summed E-state index contributed by atoms with van der Waals surface area (Å²) < 4.78 is 0. The average Bonchev–Trinajstić information content (AvgIpc) is 3.27. The normalized spacial score (nSPS) is 18.6. The van der Waals surface area contributed by atoms with E-state index >= 15 is 0 Å². The second kappa shape index (κ2) is 7.03. The smallest absolute Gasteiger partial charge is 0.265 e. The lowest BCUT2D eigenvalue weighted by Gasteiger charge is -2.30. The molecule has 1 fully saturated rings. The Morgan fingerprint density at radius 2 is 1.86 bits per heavy atom. The monoisotopic (exact) mass is 396 g/mol. The number of rotatable bonds is 4. The van der Waals surface area contributed by atoms with Gasteiger partial charge in [-0.3, -0.25) is 9.59 Å². The summed E-state index contributed by atoms with van der Waals surface area (Å²) in [4.78, 5) is 28.8. The number of carbonyl (C=O) groups is 2. The highest BCUT2D eigenvalue weighted by atomic mass is 32.1. The minimum atomic E-state index is -0.463. The first-order chi connectivity index (χ1) is 13.3. The summed E-state index contributed by atoms with van der Waals surface area (Å²) in [6.45, 7) is 7.63. The van der Waals surface area contributed by atoms with Gasteiger partial charge in [0, 0.05) is 11.5 Å². The number of benzene rings is 1. The maximum Gasteiger partial charge on any atom is 0.265 e. The number of anilines is 1. The van der Waals surface area contributed by atoms with Gasteiger partial charge in [-0.1, -0.05) is 45.0 Å². The fraction of sp³-hybridized carbons (Fsp3) is 0.478. The van der Waals surface area contributed by atoms with Crippen molar-refractivity contribution in [3.05, 3.63) is 51.9 Å². The van der Waals surface area contributed by atoms with Gasteiger partial charge in [0.2, 0.25) is 5.91 Å². The zero-order valence-electron chi connectivity index (χ0n) is 17.0. The topological polar surface area (TPSA) is 49.4 Å². The fourth-order valence-corrected chi connectivity index (χ4v) is 4.92. The van der Waals surface area contributed by atoms with Crippen LogP contribution in [-0.4, -0.2) is 22.8 Å². The van der Waals surface area contributed by atoms with Crippen molar-refractivity contribution in [1.29, 1.82) is 0 Å². The first-order valence-corrected chi connectivity index (χ1v) is 10.9. The Morgan fingerprint density at radius 1 is 1.14 bits per heavy atom. The van der Waals surface area contributed by atoms with Crippen molar-refractivity contribution in [1.82, 2.24) is 4.90 Å². The molecule has 1 atom stereocenters. The van der Waals surface area contributed by atoms with Crippen molar-refractivity contribution in [3.8, 4) is 0 Å². The van der Waals surface area contributed by atoms with Crippen LogP contribution in [0.3, 0.4) is 0 Å². The summed E-state index contributed by atoms with van der Waals surface area (Å²) in [6, 6.07) is 11.0. The Morgan fingerprint density at radius 3 is 2.54 bits per heavy atom. The zero-order chi connectivity index (χ0) is 20.1. The lowest BCUT2D eigenvalue weighted by atomic mass is 9.96. The van der Waals surface area contributed by atoms with Gasteiger partial charge in [0.15, 0.2) is 0 Å². The predicted molar refractivity (Wildman–Crippen MR) is 114 cm³/mol. The molecule has 4 rings (SSSR count). The molecule has 1 aromatic heterocycles. The predicted octanol–water partition coefficient (Wildman–Crippen LogP) is 5.33. The van der Waals surface area contributed by atoms with Crippen LogP contribution in [0, 0.1) is 12.3 Å². The van der Waals surface area contributed by atoms with Gasteiger partial charge < -0.3 is 10.2 Å². The van der Waals surface area contributed by atoms with E-state index in [-0.39, 0.29) is 17.9 Å². The van der Waals surface area contributed by atoms with E-state index in [0.29, 0.717) is 6.04 Å². The molecule has 2 amide bonds. The number of nitrogens with zero attached hydrogens (tertiary/aromatic N) is 1. The van der Waals surface area contributed by atoms with Gasteiger partial charge in [0.05, 0.1) is 15.9 Å². The van der Waals surface area contributed by atoms with Crippen LogP contribution < -0.4 is 5.32 Å². The van der Waals surface area contributed by atoms with Crippen molar-refractivity contribution >= 4 is 28.2 Å². The molecule has 2 aromatic rings. The van der Waals surface area contributed by atoms with Crippen LogP contribution >= 0.6 is 11.3 Å². The second-order valence-electron chi connectivity index (χ2n) is 9.02. The van der Waals surface area contributed by atoms with Crippen LogP contribution in [0.2, 0.25) is 0 Å². The fourth-order valence-electron chi connectivity index (χ4n) is 3.91. The van der Waals surface area contributed by atoms with Gasteiger partial charge in [0.1, 0.15) is 0 Å². The molecule has 5 heteroatoms. The molecule has 1 saturated carbocycles. The summed E-state index contributed by atoms with van der Waals surface area (Å²) in [5, 5.41) is 3.73. The molecule has 0 bridgehead atoms. The Balaban J connectivity index is 1.60. The van der Waals surface area contributed by atoms with E-state index in [1.54, 1.807) is 0 Å². The third kappa shape index (κ3) is 3.60. The Hall–Kier alpha value is -2.14. The lowest BCUT2D eigenvalue weighted by molar-refractivity contribution is -0.123. The van der Waals surface area contributed by atoms with Crippen molar-refractivity contribution < 1.29 is 9.59 Å². The van der Waals surface area contributed by atoms with E-state index in [0.717, 1.165) is 41.1 Å². The number of thiophene rings is 1. The first-order valence-electron chi connectivity index (χ1n) is 10.1. The highest BCUT2D eigenvalue weighted by molar-refractivity contribution is 7.18. The van der Waals surface area contributed by atoms with Crippen LogP contribution in [0.15, 0.2) is 30.3 Å². The summed E-state index contributed by atoms with van der Waals surface area (Å²) in [6.07, 6.45) is 4.21. The lowest BCUT2D eigenvalue weighted by Crippen LogP contribution is -2.35.